The molecule has 0 fully saturated rings. The van der Waals surface area contributed by atoms with E-state index in [0.29, 0.717) is 5.56 Å². The van der Waals surface area contributed by atoms with Crippen molar-refractivity contribution < 1.29 is 0 Å². The Bertz CT molecular complexity index is 650. The third-order valence-corrected chi connectivity index (χ3v) is 4.10. The highest BCUT2D eigenvalue weighted by Crippen LogP contribution is 2.24. The fourth-order valence-electron chi connectivity index (χ4n) is 2.03. The second-order valence-electron chi connectivity index (χ2n) is 4.62. The molecule has 0 radical (unpaired) electrons. The van der Waals surface area contributed by atoms with E-state index in [0.717, 1.165) is 16.7 Å². The first-order valence-corrected chi connectivity index (χ1v) is 6.87. The Labute approximate surface area is 122 Å². The molecular weight excluding hydrogens is 302 g/mol. The third-order valence-electron chi connectivity index (χ3n) is 3.45. The third kappa shape index (κ3) is 2.82. The van der Waals surface area contributed by atoms with E-state index in [9.17, 15) is 0 Å². The van der Waals surface area contributed by atoms with Gasteiger partial charge in [0.2, 0.25) is 0 Å². The van der Waals surface area contributed by atoms with Gasteiger partial charge in [-0.1, -0.05) is 0 Å². The van der Waals surface area contributed by atoms with Crippen molar-refractivity contribution in [2.45, 2.75) is 20.4 Å². The summed E-state index contributed by atoms with van der Waals surface area (Å²) in [5.41, 5.74) is 5.48. The molecule has 0 aliphatic carbocycles. The molecule has 1 heterocycles. The van der Waals surface area contributed by atoms with Crippen LogP contribution in [0, 0.1) is 25.2 Å². The van der Waals surface area contributed by atoms with Crippen LogP contribution in [-0.2, 0) is 13.6 Å². The predicted molar refractivity (Wildman–Crippen MR) is 81.1 cm³/mol. The lowest BCUT2D eigenvalue weighted by Gasteiger charge is -2.09. The topological polar surface area (TPSA) is 40.8 Å². The van der Waals surface area contributed by atoms with Crippen molar-refractivity contribution in [3.05, 3.63) is 51.3 Å². The van der Waals surface area contributed by atoms with Crippen LogP contribution >= 0.6 is 15.9 Å². The Morgan fingerprint density at radius 2 is 2.05 bits per heavy atom. The van der Waals surface area contributed by atoms with Gasteiger partial charge in [0.15, 0.2) is 0 Å². The highest BCUT2D eigenvalue weighted by Gasteiger charge is 2.07. The molecule has 2 rings (SSSR count). The standard InChI is InChI=1S/C15H16BrN3/c1-10-6-13(11(2)19(10)3)9-18-15-5-4-12(8-17)7-14(15)16/h4-7,18H,9H2,1-3H3. The zero-order valence-corrected chi connectivity index (χ0v) is 12.9. The molecule has 0 bridgehead atoms. The molecule has 1 aromatic heterocycles. The lowest BCUT2D eigenvalue weighted by Crippen LogP contribution is -2.02. The second kappa shape index (κ2) is 5.50. The maximum atomic E-state index is 8.84. The number of aryl methyl sites for hydroxylation is 1. The maximum absolute atomic E-state index is 8.84. The summed E-state index contributed by atoms with van der Waals surface area (Å²) in [5.74, 6) is 0. The van der Waals surface area contributed by atoms with Crippen LogP contribution in [-0.4, -0.2) is 4.57 Å². The molecule has 1 N–H and O–H groups in total. The largest absolute Gasteiger partial charge is 0.380 e. The number of nitrogens with one attached hydrogen (secondary N) is 1. The predicted octanol–water partition coefficient (Wildman–Crippen LogP) is 3.89. The summed E-state index contributed by atoms with van der Waals surface area (Å²) in [4.78, 5) is 0. The van der Waals surface area contributed by atoms with Crippen LogP contribution in [0.2, 0.25) is 0 Å². The van der Waals surface area contributed by atoms with Crippen molar-refractivity contribution in [1.82, 2.24) is 4.57 Å². The molecule has 3 nitrogen and oxygen atoms in total. The van der Waals surface area contributed by atoms with Gasteiger partial charge < -0.3 is 9.88 Å². The minimum Gasteiger partial charge on any atom is -0.380 e. The smallest absolute Gasteiger partial charge is 0.0992 e. The zero-order valence-electron chi connectivity index (χ0n) is 11.3. The van der Waals surface area contributed by atoms with Gasteiger partial charge in [-0.25, -0.2) is 0 Å². The van der Waals surface area contributed by atoms with Gasteiger partial charge in [-0.15, -0.1) is 0 Å². The first kappa shape index (κ1) is 13.7. The van der Waals surface area contributed by atoms with Gasteiger partial charge in [0.05, 0.1) is 11.6 Å². The van der Waals surface area contributed by atoms with Gasteiger partial charge in [0, 0.05) is 35.1 Å². The molecule has 1 aromatic carbocycles. The minimum absolute atomic E-state index is 0.657. The Balaban J connectivity index is 2.15. The molecular formula is C15H16BrN3. The minimum atomic E-state index is 0.657. The fraction of sp³-hybridized carbons (Fsp3) is 0.267. The lowest BCUT2D eigenvalue weighted by atomic mass is 10.2. The Kier molecular flexibility index (Phi) is 3.96. The fourth-order valence-corrected chi connectivity index (χ4v) is 2.55. The average Bonchev–Trinajstić information content (AvgIpc) is 2.65. The number of hydrogen-bond acceptors (Lipinski definition) is 2. The van der Waals surface area contributed by atoms with Crippen LogP contribution in [0.4, 0.5) is 5.69 Å². The lowest BCUT2D eigenvalue weighted by molar-refractivity contribution is 0.837. The van der Waals surface area contributed by atoms with Gasteiger partial charge in [-0.2, -0.15) is 5.26 Å². The second-order valence-corrected chi connectivity index (χ2v) is 5.47. The zero-order chi connectivity index (χ0) is 14.0. The molecule has 0 amide bonds. The molecule has 0 aliphatic rings. The molecule has 0 aliphatic heterocycles. The maximum Gasteiger partial charge on any atom is 0.0992 e. The first-order valence-electron chi connectivity index (χ1n) is 6.08. The van der Waals surface area contributed by atoms with E-state index in [-0.39, 0.29) is 0 Å². The molecule has 0 atom stereocenters. The van der Waals surface area contributed by atoms with Gasteiger partial charge >= 0.3 is 0 Å². The molecule has 0 saturated heterocycles. The molecule has 2 aromatic rings. The van der Waals surface area contributed by atoms with Crippen LogP contribution in [0.25, 0.3) is 0 Å². The molecule has 0 unspecified atom stereocenters. The number of rotatable bonds is 3. The number of aromatic nitrogens is 1. The van der Waals surface area contributed by atoms with Crippen molar-refractivity contribution in [3.8, 4) is 6.07 Å². The Morgan fingerprint density at radius 1 is 1.32 bits per heavy atom. The summed E-state index contributed by atoms with van der Waals surface area (Å²) in [6.07, 6.45) is 0. The van der Waals surface area contributed by atoms with E-state index in [4.69, 9.17) is 5.26 Å². The molecule has 19 heavy (non-hydrogen) atoms. The van der Waals surface area contributed by atoms with E-state index in [2.05, 4.69) is 58.8 Å². The van der Waals surface area contributed by atoms with E-state index >= 15 is 0 Å². The summed E-state index contributed by atoms with van der Waals surface area (Å²) in [6, 6.07) is 9.89. The highest BCUT2D eigenvalue weighted by molar-refractivity contribution is 9.10. The highest BCUT2D eigenvalue weighted by atomic mass is 79.9. The number of anilines is 1. The van der Waals surface area contributed by atoms with E-state index in [1.807, 2.05) is 18.2 Å². The summed E-state index contributed by atoms with van der Waals surface area (Å²) < 4.78 is 3.10. The van der Waals surface area contributed by atoms with E-state index < -0.39 is 0 Å². The SMILES string of the molecule is Cc1cc(CNc2ccc(C#N)cc2Br)c(C)n1C. The van der Waals surface area contributed by atoms with Crippen molar-refractivity contribution >= 4 is 21.6 Å². The van der Waals surface area contributed by atoms with E-state index in [1.165, 1.54) is 17.0 Å². The molecule has 0 saturated carbocycles. The van der Waals surface area contributed by atoms with Crippen LogP contribution < -0.4 is 5.32 Å². The number of hydrogen-bond donors (Lipinski definition) is 1. The quantitative estimate of drug-likeness (QED) is 0.933. The first-order chi connectivity index (χ1) is 9.02. The van der Waals surface area contributed by atoms with Crippen molar-refractivity contribution in [3.63, 3.8) is 0 Å². The number of nitriles is 1. The number of benzene rings is 1. The van der Waals surface area contributed by atoms with Crippen molar-refractivity contribution in [2.75, 3.05) is 5.32 Å². The van der Waals surface area contributed by atoms with Crippen molar-refractivity contribution in [2.24, 2.45) is 7.05 Å². The Morgan fingerprint density at radius 3 is 2.58 bits per heavy atom. The summed E-state index contributed by atoms with van der Waals surface area (Å²) in [7, 11) is 2.08. The van der Waals surface area contributed by atoms with Crippen LogP contribution in [0.3, 0.4) is 0 Å². The van der Waals surface area contributed by atoms with Gasteiger partial charge in [0.1, 0.15) is 0 Å². The van der Waals surface area contributed by atoms with E-state index in [1.54, 1.807) is 0 Å². The van der Waals surface area contributed by atoms with Gasteiger partial charge in [-0.3, -0.25) is 0 Å². The molecule has 98 valence electrons. The normalized spacial score (nSPS) is 10.3. The monoisotopic (exact) mass is 317 g/mol. The summed E-state index contributed by atoms with van der Waals surface area (Å²) >= 11 is 3.48. The number of nitrogens with zero attached hydrogens (tertiary/aromatic N) is 2. The van der Waals surface area contributed by atoms with Crippen LogP contribution in [0.1, 0.15) is 22.5 Å². The molecule has 4 heteroatoms. The molecule has 0 spiro atoms. The van der Waals surface area contributed by atoms with Crippen LogP contribution in [0.15, 0.2) is 28.7 Å². The Hall–Kier alpha value is -1.73. The summed E-state index contributed by atoms with van der Waals surface area (Å²) in [6.45, 7) is 5.00. The van der Waals surface area contributed by atoms with Crippen molar-refractivity contribution in [1.29, 1.82) is 5.26 Å². The van der Waals surface area contributed by atoms with Crippen LogP contribution in [0.5, 0.6) is 0 Å². The van der Waals surface area contributed by atoms with Gasteiger partial charge in [-0.05, 0) is 59.6 Å². The average molecular weight is 318 g/mol. The number of halogens is 1. The van der Waals surface area contributed by atoms with Gasteiger partial charge in [0.25, 0.3) is 0 Å². The summed E-state index contributed by atoms with van der Waals surface area (Å²) in [5, 5.41) is 12.2.